The molecule has 0 radical (unpaired) electrons. The van der Waals surface area contributed by atoms with E-state index in [9.17, 15) is 4.79 Å². The maximum Gasteiger partial charge on any atom is 0.253 e. The number of amides is 1. The second kappa shape index (κ2) is 6.83. The van der Waals surface area contributed by atoms with Crippen LogP contribution in [-0.2, 0) is 0 Å². The van der Waals surface area contributed by atoms with Gasteiger partial charge in [0.05, 0.1) is 0 Å². The highest BCUT2D eigenvalue weighted by Gasteiger charge is 2.33. The van der Waals surface area contributed by atoms with Crippen LogP contribution in [0.4, 0.5) is 0 Å². The largest absolute Gasteiger partial charge is 0.361 e. The van der Waals surface area contributed by atoms with Crippen molar-refractivity contribution < 1.29 is 4.79 Å². The molecule has 1 saturated carbocycles. The Labute approximate surface area is 150 Å². The highest BCUT2D eigenvalue weighted by Crippen LogP contribution is 2.32. The van der Waals surface area contributed by atoms with Crippen molar-refractivity contribution in [1.29, 1.82) is 0 Å². The lowest BCUT2D eigenvalue weighted by molar-refractivity contribution is 0.0704. The van der Waals surface area contributed by atoms with Gasteiger partial charge >= 0.3 is 0 Å². The van der Waals surface area contributed by atoms with Crippen molar-refractivity contribution in [3.63, 3.8) is 0 Å². The number of rotatable bonds is 4. The Kier molecular flexibility index (Phi) is 4.55. The van der Waals surface area contributed by atoms with E-state index in [1.807, 2.05) is 30.5 Å². The fourth-order valence-corrected chi connectivity index (χ4v) is 4.10. The highest BCUT2D eigenvalue weighted by molar-refractivity contribution is 5.98. The van der Waals surface area contributed by atoms with Crippen LogP contribution in [0.3, 0.4) is 0 Å². The number of fused-ring (bicyclic) bond motifs is 1. The van der Waals surface area contributed by atoms with Crippen LogP contribution in [0.15, 0.2) is 30.5 Å². The molecule has 134 valence electrons. The average molecular weight is 339 g/mol. The molecular formula is C21H29N3O. The first-order chi connectivity index (χ1) is 12.1. The molecule has 2 aliphatic rings. The van der Waals surface area contributed by atoms with Crippen LogP contribution >= 0.6 is 0 Å². The lowest BCUT2D eigenvalue weighted by atomic mass is 10.0. The minimum atomic E-state index is 0.176. The standard InChI is InChI=1S/C21H29N3O/c1-15(2)20-14-24(11-3-10-23(20)13-16-4-5-16)21(25)18-7-6-17-8-9-22-19(17)12-18/h6-9,12,15-16,20,22H,3-5,10-11,13-14H2,1-2H3/t20-/m1/s1. The molecular weight excluding hydrogens is 310 g/mol. The molecule has 1 aromatic carbocycles. The second-order valence-corrected chi connectivity index (χ2v) is 8.13. The lowest BCUT2D eigenvalue weighted by Crippen LogP contribution is -2.46. The van der Waals surface area contributed by atoms with Crippen molar-refractivity contribution in [1.82, 2.24) is 14.8 Å². The van der Waals surface area contributed by atoms with Gasteiger partial charge in [-0.1, -0.05) is 19.9 Å². The summed E-state index contributed by atoms with van der Waals surface area (Å²) in [5.41, 5.74) is 1.84. The van der Waals surface area contributed by atoms with Crippen LogP contribution < -0.4 is 0 Å². The van der Waals surface area contributed by atoms with E-state index >= 15 is 0 Å². The van der Waals surface area contributed by atoms with E-state index < -0.39 is 0 Å². The molecule has 1 aliphatic carbocycles. The predicted octanol–water partition coefficient (Wildman–Crippen LogP) is 3.75. The maximum absolute atomic E-state index is 13.1. The van der Waals surface area contributed by atoms with Gasteiger partial charge < -0.3 is 9.88 Å². The number of carbonyl (C=O) groups is 1. The minimum absolute atomic E-state index is 0.176. The molecule has 0 spiro atoms. The van der Waals surface area contributed by atoms with E-state index in [2.05, 4.69) is 28.6 Å². The molecule has 25 heavy (non-hydrogen) atoms. The monoisotopic (exact) mass is 339 g/mol. The molecule has 4 nitrogen and oxygen atoms in total. The third-order valence-electron chi connectivity index (χ3n) is 5.80. The summed E-state index contributed by atoms with van der Waals surface area (Å²) in [5.74, 6) is 1.65. The topological polar surface area (TPSA) is 39.3 Å². The molecule has 0 unspecified atom stereocenters. The van der Waals surface area contributed by atoms with Crippen LogP contribution in [0.5, 0.6) is 0 Å². The van der Waals surface area contributed by atoms with Gasteiger partial charge in [-0.25, -0.2) is 0 Å². The second-order valence-electron chi connectivity index (χ2n) is 8.13. The first-order valence-electron chi connectivity index (χ1n) is 9.72. The number of hydrogen-bond acceptors (Lipinski definition) is 2. The third kappa shape index (κ3) is 3.59. The molecule has 4 rings (SSSR count). The SMILES string of the molecule is CC(C)[C@H]1CN(C(=O)c2ccc3cc[nH]c3c2)CCCN1CC1CC1. The first-order valence-corrected chi connectivity index (χ1v) is 9.72. The average Bonchev–Trinajstić information content (AvgIpc) is 3.34. The number of nitrogens with one attached hydrogen (secondary N) is 1. The smallest absolute Gasteiger partial charge is 0.253 e. The summed E-state index contributed by atoms with van der Waals surface area (Å²) in [4.78, 5) is 21.1. The van der Waals surface area contributed by atoms with Crippen molar-refractivity contribution in [2.45, 2.75) is 39.2 Å². The molecule has 2 aromatic rings. The van der Waals surface area contributed by atoms with E-state index in [1.54, 1.807) is 0 Å². The van der Waals surface area contributed by atoms with Gasteiger partial charge in [0.25, 0.3) is 5.91 Å². The summed E-state index contributed by atoms with van der Waals surface area (Å²) in [6.45, 7) is 8.66. The molecule has 1 atom stereocenters. The van der Waals surface area contributed by atoms with Crippen molar-refractivity contribution >= 4 is 16.8 Å². The van der Waals surface area contributed by atoms with Crippen molar-refractivity contribution in [3.05, 3.63) is 36.0 Å². The first kappa shape index (κ1) is 16.6. The van der Waals surface area contributed by atoms with E-state index in [0.29, 0.717) is 12.0 Å². The number of nitrogens with zero attached hydrogens (tertiary/aromatic N) is 2. The van der Waals surface area contributed by atoms with Crippen LogP contribution in [0.2, 0.25) is 0 Å². The van der Waals surface area contributed by atoms with Gasteiger partial charge in [-0.15, -0.1) is 0 Å². The van der Waals surface area contributed by atoms with Gasteiger partial charge in [0.2, 0.25) is 0 Å². The molecule has 1 aromatic heterocycles. The normalized spacial score (nSPS) is 22.5. The van der Waals surface area contributed by atoms with Gasteiger partial charge in [-0.2, -0.15) is 0 Å². The summed E-state index contributed by atoms with van der Waals surface area (Å²) in [6.07, 6.45) is 5.78. The quantitative estimate of drug-likeness (QED) is 0.921. The van der Waals surface area contributed by atoms with Gasteiger partial charge in [-0.3, -0.25) is 9.69 Å². The van der Waals surface area contributed by atoms with Crippen LogP contribution in [0, 0.1) is 11.8 Å². The third-order valence-corrected chi connectivity index (χ3v) is 5.80. The number of aromatic amines is 1. The molecule has 4 heteroatoms. The summed E-state index contributed by atoms with van der Waals surface area (Å²) in [7, 11) is 0. The number of aromatic nitrogens is 1. The minimum Gasteiger partial charge on any atom is -0.361 e. The number of benzene rings is 1. The Balaban J connectivity index is 1.52. The van der Waals surface area contributed by atoms with Gasteiger partial charge in [0, 0.05) is 49.5 Å². The Morgan fingerprint density at radius 3 is 2.84 bits per heavy atom. The van der Waals surface area contributed by atoms with Crippen LogP contribution in [0.1, 0.15) is 43.5 Å². The Hall–Kier alpha value is -1.81. The summed E-state index contributed by atoms with van der Waals surface area (Å²) >= 11 is 0. The fourth-order valence-electron chi connectivity index (χ4n) is 4.10. The lowest BCUT2D eigenvalue weighted by Gasteiger charge is -2.34. The van der Waals surface area contributed by atoms with E-state index in [4.69, 9.17) is 0 Å². The number of carbonyl (C=O) groups excluding carboxylic acids is 1. The molecule has 2 heterocycles. The van der Waals surface area contributed by atoms with Gasteiger partial charge in [0.1, 0.15) is 0 Å². The van der Waals surface area contributed by atoms with Gasteiger partial charge in [-0.05, 0) is 54.7 Å². The number of H-pyrrole nitrogens is 1. The fraction of sp³-hybridized carbons (Fsp3) is 0.571. The van der Waals surface area contributed by atoms with E-state index in [1.165, 1.54) is 19.4 Å². The molecule has 0 bridgehead atoms. The number of hydrogen-bond donors (Lipinski definition) is 1. The Morgan fingerprint density at radius 2 is 2.08 bits per heavy atom. The predicted molar refractivity (Wildman–Crippen MR) is 102 cm³/mol. The summed E-state index contributed by atoms with van der Waals surface area (Å²) in [5, 5.41) is 1.16. The molecule has 1 N–H and O–H groups in total. The molecule has 1 aliphatic heterocycles. The Morgan fingerprint density at radius 1 is 1.24 bits per heavy atom. The van der Waals surface area contributed by atoms with Crippen molar-refractivity contribution in [2.24, 2.45) is 11.8 Å². The molecule has 1 amide bonds. The summed E-state index contributed by atoms with van der Waals surface area (Å²) < 4.78 is 0. The van der Waals surface area contributed by atoms with Crippen LogP contribution in [0.25, 0.3) is 10.9 Å². The summed E-state index contributed by atoms with van der Waals surface area (Å²) in [6, 6.07) is 8.52. The van der Waals surface area contributed by atoms with E-state index in [-0.39, 0.29) is 5.91 Å². The zero-order chi connectivity index (χ0) is 17.4. The molecule has 2 fully saturated rings. The molecule has 1 saturated heterocycles. The zero-order valence-corrected chi connectivity index (χ0v) is 15.4. The highest BCUT2D eigenvalue weighted by atomic mass is 16.2. The van der Waals surface area contributed by atoms with E-state index in [0.717, 1.165) is 48.4 Å². The van der Waals surface area contributed by atoms with Crippen molar-refractivity contribution in [2.75, 3.05) is 26.2 Å². The maximum atomic E-state index is 13.1. The van der Waals surface area contributed by atoms with Gasteiger partial charge in [0.15, 0.2) is 0 Å². The van der Waals surface area contributed by atoms with Crippen molar-refractivity contribution in [3.8, 4) is 0 Å². The van der Waals surface area contributed by atoms with Crippen LogP contribution in [-0.4, -0.2) is 52.9 Å². The Bertz CT molecular complexity index is 746. The zero-order valence-electron chi connectivity index (χ0n) is 15.4.